The molecule has 0 radical (unpaired) electrons. The number of aliphatic imine (C=N–C) groups is 1. The Morgan fingerprint density at radius 1 is 0.964 bits per heavy atom. The van der Waals surface area contributed by atoms with Gasteiger partial charge in [0.1, 0.15) is 0 Å². The van der Waals surface area contributed by atoms with Crippen molar-refractivity contribution in [3.05, 3.63) is 71.3 Å². The molecule has 0 aliphatic heterocycles. The number of aryl methyl sites for hydroxylation is 1. The highest BCUT2D eigenvalue weighted by molar-refractivity contribution is 14.0. The Labute approximate surface area is 185 Å². The first-order chi connectivity index (χ1) is 13.2. The van der Waals surface area contributed by atoms with E-state index in [1.165, 1.54) is 5.56 Å². The lowest BCUT2D eigenvalue weighted by atomic mass is 10.1. The van der Waals surface area contributed by atoms with Crippen molar-refractivity contribution in [3.8, 4) is 0 Å². The Morgan fingerprint density at radius 2 is 1.71 bits per heavy atom. The SMILES string of the molecule is CCNC(=NCCCc1ccccc1)NCCc1cccc(C(=O)NC)c1.I. The fourth-order valence-electron chi connectivity index (χ4n) is 2.80. The van der Waals surface area contributed by atoms with Crippen molar-refractivity contribution < 1.29 is 4.79 Å². The van der Waals surface area contributed by atoms with Gasteiger partial charge in [-0.2, -0.15) is 0 Å². The van der Waals surface area contributed by atoms with Gasteiger partial charge >= 0.3 is 0 Å². The molecule has 0 aliphatic rings. The molecular weight excluding hydrogens is 463 g/mol. The zero-order valence-corrected chi connectivity index (χ0v) is 19.0. The predicted octanol–water partition coefficient (Wildman–Crippen LogP) is 3.39. The van der Waals surface area contributed by atoms with Crippen LogP contribution in [0.5, 0.6) is 0 Å². The molecule has 0 saturated carbocycles. The van der Waals surface area contributed by atoms with Gasteiger partial charge in [-0.05, 0) is 49.4 Å². The Hall–Kier alpha value is -2.09. The summed E-state index contributed by atoms with van der Waals surface area (Å²) in [6.07, 6.45) is 2.89. The minimum atomic E-state index is -0.0573. The number of hydrogen-bond donors (Lipinski definition) is 3. The van der Waals surface area contributed by atoms with Crippen molar-refractivity contribution >= 4 is 35.8 Å². The molecule has 0 heterocycles. The molecule has 0 fully saturated rings. The topological polar surface area (TPSA) is 65.5 Å². The fraction of sp³-hybridized carbons (Fsp3) is 0.364. The van der Waals surface area contributed by atoms with Gasteiger partial charge < -0.3 is 16.0 Å². The summed E-state index contributed by atoms with van der Waals surface area (Å²) in [5.41, 5.74) is 3.17. The average molecular weight is 494 g/mol. The van der Waals surface area contributed by atoms with Crippen LogP contribution in [-0.2, 0) is 12.8 Å². The summed E-state index contributed by atoms with van der Waals surface area (Å²) in [5.74, 6) is 0.783. The van der Waals surface area contributed by atoms with E-state index in [4.69, 9.17) is 0 Å². The maximum Gasteiger partial charge on any atom is 0.251 e. The first-order valence-corrected chi connectivity index (χ1v) is 9.60. The van der Waals surface area contributed by atoms with E-state index in [0.29, 0.717) is 5.56 Å². The van der Waals surface area contributed by atoms with Gasteiger partial charge in [0, 0.05) is 32.2 Å². The number of nitrogens with zero attached hydrogens (tertiary/aromatic N) is 1. The standard InChI is InChI=1S/C22H30N4O.HI/c1-3-24-22(25-15-8-12-18-9-5-4-6-10-18)26-16-14-19-11-7-13-20(17-19)21(27)23-2;/h4-7,9-11,13,17H,3,8,12,14-16H2,1-2H3,(H,23,27)(H2,24,25,26);1H. The molecule has 5 nitrogen and oxygen atoms in total. The molecule has 152 valence electrons. The maximum absolute atomic E-state index is 11.7. The summed E-state index contributed by atoms with van der Waals surface area (Å²) in [4.78, 5) is 16.4. The number of carbonyl (C=O) groups is 1. The fourth-order valence-corrected chi connectivity index (χ4v) is 2.80. The third-order valence-electron chi connectivity index (χ3n) is 4.20. The minimum absolute atomic E-state index is 0. The van der Waals surface area contributed by atoms with Crippen molar-refractivity contribution in [3.63, 3.8) is 0 Å². The van der Waals surface area contributed by atoms with Gasteiger partial charge in [-0.15, -0.1) is 24.0 Å². The van der Waals surface area contributed by atoms with E-state index in [1.54, 1.807) is 7.05 Å². The predicted molar refractivity (Wildman–Crippen MR) is 128 cm³/mol. The summed E-state index contributed by atoms with van der Waals surface area (Å²) < 4.78 is 0. The van der Waals surface area contributed by atoms with Crippen molar-refractivity contribution in [2.45, 2.75) is 26.2 Å². The van der Waals surface area contributed by atoms with Crippen LogP contribution in [-0.4, -0.2) is 38.5 Å². The zero-order valence-electron chi connectivity index (χ0n) is 16.7. The van der Waals surface area contributed by atoms with Crippen LogP contribution in [0.3, 0.4) is 0 Å². The summed E-state index contributed by atoms with van der Waals surface area (Å²) in [5, 5.41) is 9.31. The highest BCUT2D eigenvalue weighted by atomic mass is 127. The highest BCUT2D eigenvalue weighted by Crippen LogP contribution is 2.06. The van der Waals surface area contributed by atoms with E-state index >= 15 is 0 Å². The number of carbonyl (C=O) groups excluding carboxylic acids is 1. The Bertz CT molecular complexity index is 734. The third kappa shape index (κ3) is 8.73. The lowest BCUT2D eigenvalue weighted by molar-refractivity contribution is 0.0963. The van der Waals surface area contributed by atoms with Gasteiger partial charge in [0.25, 0.3) is 5.91 Å². The monoisotopic (exact) mass is 494 g/mol. The molecule has 2 aromatic rings. The molecule has 0 saturated heterocycles. The van der Waals surface area contributed by atoms with E-state index in [1.807, 2.05) is 30.3 Å². The second-order valence-electron chi connectivity index (χ2n) is 6.31. The van der Waals surface area contributed by atoms with Gasteiger partial charge in [-0.25, -0.2) is 0 Å². The first-order valence-electron chi connectivity index (χ1n) is 9.60. The van der Waals surface area contributed by atoms with Crippen molar-refractivity contribution in [2.24, 2.45) is 4.99 Å². The molecular formula is C22H31IN4O. The Morgan fingerprint density at radius 3 is 2.43 bits per heavy atom. The molecule has 2 aromatic carbocycles. The zero-order chi connectivity index (χ0) is 19.3. The largest absolute Gasteiger partial charge is 0.357 e. The second-order valence-corrected chi connectivity index (χ2v) is 6.31. The van der Waals surface area contributed by atoms with Crippen LogP contribution in [0.4, 0.5) is 0 Å². The van der Waals surface area contributed by atoms with Crippen LogP contribution in [0.15, 0.2) is 59.6 Å². The average Bonchev–Trinajstić information content (AvgIpc) is 2.71. The lowest BCUT2D eigenvalue weighted by Gasteiger charge is -2.11. The minimum Gasteiger partial charge on any atom is -0.357 e. The normalized spacial score (nSPS) is 10.7. The van der Waals surface area contributed by atoms with Crippen molar-refractivity contribution in [1.82, 2.24) is 16.0 Å². The molecule has 0 bridgehead atoms. The van der Waals surface area contributed by atoms with Crippen molar-refractivity contribution in [2.75, 3.05) is 26.7 Å². The number of guanidine groups is 1. The molecule has 0 aliphatic carbocycles. The summed E-state index contributed by atoms with van der Waals surface area (Å²) in [6, 6.07) is 18.2. The van der Waals surface area contributed by atoms with E-state index in [0.717, 1.165) is 50.4 Å². The van der Waals surface area contributed by atoms with Crippen molar-refractivity contribution in [1.29, 1.82) is 0 Å². The number of hydrogen-bond acceptors (Lipinski definition) is 2. The number of rotatable bonds is 9. The van der Waals surface area contributed by atoms with E-state index in [9.17, 15) is 4.79 Å². The summed E-state index contributed by atoms with van der Waals surface area (Å²) in [7, 11) is 1.65. The summed E-state index contributed by atoms with van der Waals surface area (Å²) in [6.45, 7) is 4.45. The van der Waals surface area contributed by atoms with E-state index < -0.39 is 0 Å². The smallest absolute Gasteiger partial charge is 0.251 e. The molecule has 6 heteroatoms. The molecule has 1 amide bonds. The van der Waals surface area contributed by atoms with Crippen LogP contribution in [0.1, 0.15) is 34.8 Å². The molecule has 0 spiro atoms. The molecule has 0 unspecified atom stereocenters. The van der Waals surface area contributed by atoms with E-state index in [-0.39, 0.29) is 29.9 Å². The van der Waals surface area contributed by atoms with Crippen LogP contribution >= 0.6 is 24.0 Å². The Balaban J connectivity index is 0.00000392. The van der Waals surface area contributed by atoms with E-state index in [2.05, 4.69) is 52.1 Å². The van der Waals surface area contributed by atoms with Gasteiger partial charge in [0.05, 0.1) is 0 Å². The molecule has 3 N–H and O–H groups in total. The van der Waals surface area contributed by atoms with Crippen LogP contribution in [0.25, 0.3) is 0 Å². The number of halogens is 1. The maximum atomic E-state index is 11.7. The van der Waals surface area contributed by atoms with Crippen LogP contribution in [0, 0.1) is 0 Å². The number of amides is 1. The van der Waals surface area contributed by atoms with Crippen LogP contribution < -0.4 is 16.0 Å². The van der Waals surface area contributed by atoms with Crippen LogP contribution in [0.2, 0.25) is 0 Å². The number of nitrogens with one attached hydrogen (secondary N) is 3. The quantitative estimate of drug-likeness (QED) is 0.217. The molecule has 0 aromatic heterocycles. The first kappa shape index (κ1) is 23.9. The molecule has 2 rings (SSSR count). The van der Waals surface area contributed by atoms with Gasteiger partial charge in [-0.3, -0.25) is 9.79 Å². The molecule has 28 heavy (non-hydrogen) atoms. The van der Waals surface area contributed by atoms with Gasteiger partial charge in [0.2, 0.25) is 0 Å². The highest BCUT2D eigenvalue weighted by Gasteiger charge is 2.04. The Kier molecular flexibility index (Phi) is 12.0. The number of benzene rings is 2. The second kappa shape index (κ2) is 14.0. The summed E-state index contributed by atoms with van der Waals surface area (Å²) >= 11 is 0. The van der Waals surface area contributed by atoms with Gasteiger partial charge in [-0.1, -0.05) is 42.5 Å². The molecule has 0 atom stereocenters. The van der Waals surface area contributed by atoms with Gasteiger partial charge in [0.15, 0.2) is 5.96 Å². The third-order valence-corrected chi connectivity index (χ3v) is 4.20. The lowest BCUT2D eigenvalue weighted by Crippen LogP contribution is -2.38.